The standard InChI is InChI=1S/C27H23N5O4/c1-18-7-6-8-21(13-18)31-25(33)29-26(34)32(27(31)35)22-11-12-24(36-23-9-4-3-5-10-23)20(14-22)16-30-17-28-15-19(30)2/h3-15,17H,16H2,1-2H3,(H,29,33,34). The van der Waals surface area contributed by atoms with E-state index in [0.717, 1.165) is 26.0 Å². The molecule has 0 aliphatic heterocycles. The van der Waals surface area contributed by atoms with Crippen LogP contribution in [0.4, 0.5) is 0 Å². The van der Waals surface area contributed by atoms with Crippen LogP contribution in [0.3, 0.4) is 0 Å². The Balaban J connectivity index is 1.67. The third-order valence-corrected chi connectivity index (χ3v) is 5.80. The summed E-state index contributed by atoms with van der Waals surface area (Å²) in [4.78, 5) is 45.3. The number of hydrogen-bond donors (Lipinski definition) is 1. The topological polar surface area (TPSA) is 104 Å². The molecule has 2 aromatic heterocycles. The summed E-state index contributed by atoms with van der Waals surface area (Å²) < 4.78 is 9.93. The fraction of sp³-hybridized carbons (Fsp3) is 0.111. The number of nitrogens with zero attached hydrogens (tertiary/aromatic N) is 4. The second-order valence-corrected chi connectivity index (χ2v) is 8.40. The number of aromatic amines is 1. The summed E-state index contributed by atoms with van der Waals surface area (Å²) in [5, 5.41) is 0. The molecule has 5 rings (SSSR count). The van der Waals surface area contributed by atoms with E-state index in [-0.39, 0.29) is 0 Å². The minimum absolute atomic E-state index is 0.302. The molecule has 0 atom stereocenters. The molecule has 0 saturated heterocycles. The average molecular weight is 482 g/mol. The Morgan fingerprint density at radius 2 is 1.56 bits per heavy atom. The first kappa shape index (κ1) is 22.9. The molecule has 2 heterocycles. The van der Waals surface area contributed by atoms with Gasteiger partial charge in [-0.3, -0.25) is 4.98 Å². The highest BCUT2D eigenvalue weighted by Gasteiger charge is 2.16. The first-order valence-electron chi connectivity index (χ1n) is 11.3. The van der Waals surface area contributed by atoms with Crippen LogP contribution in [-0.4, -0.2) is 23.7 Å². The van der Waals surface area contributed by atoms with Gasteiger partial charge in [-0.1, -0.05) is 30.3 Å². The number of para-hydroxylation sites is 1. The number of aryl methyl sites for hydroxylation is 2. The fourth-order valence-corrected chi connectivity index (χ4v) is 3.98. The summed E-state index contributed by atoms with van der Waals surface area (Å²) in [7, 11) is 0. The zero-order chi connectivity index (χ0) is 25.2. The number of hydrogen-bond acceptors (Lipinski definition) is 5. The fourth-order valence-electron chi connectivity index (χ4n) is 3.98. The van der Waals surface area contributed by atoms with Gasteiger partial charge < -0.3 is 9.30 Å². The molecule has 0 spiro atoms. The minimum atomic E-state index is -0.824. The molecule has 0 bridgehead atoms. The Morgan fingerprint density at radius 1 is 0.833 bits per heavy atom. The summed E-state index contributed by atoms with van der Waals surface area (Å²) in [5.74, 6) is 1.21. The van der Waals surface area contributed by atoms with Gasteiger partial charge in [0.1, 0.15) is 11.5 Å². The van der Waals surface area contributed by atoms with Crippen LogP contribution in [0.2, 0.25) is 0 Å². The minimum Gasteiger partial charge on any atom is -0.457 e. The Bertz CT molecular complexity index is 1730. The number of aromatic nitrogens is 5. The SMILES string of the molecule is Cc1cccc(-n2c(=O)[nH]c(=O)n(-c3ccc(Oc4ccccc4)c(Cn4cncc4C)c3)c2=O)c1. The third kappa shape index (κ3) is 4.41. The molecule has 9 nitrogen and oxygen atoms in total. The molecule has 0 saturated carbocycles. The first-order chi connectivity index (χ1) is 17.4. The molecular formula is C27H23N5O4. The summed E-state index contributed by atoms with van der Waals surface area (Å²) >= 11 is 0. The van der Waals surface area contributed by atoms with E-state index in [4.69, 9.17) is 4.74 Å². The first-order valence-corrected chi connectivity index (χ1v) is 11.3. The van der Waals surface area contributed by atoms with Crippen LogP contribution in [0.15, 0.2) is 99.7 Å². The van der Waals surface area contributed by atoms with E-state index in [1.54, 1.807) is 48.9 Å². The van der Waals surface area contributed by atoms with Crippen LogP contribution in [0.25, 0.3) is 11.4 Å². The maximum Gasteiger partial charge on any atom is 0.345 e. The smallest absolute Gasteiger partial charge is 0.345 e. The molecule has 0 fully saturated rings. The van der Waals surface area contributed by atoms with Gasteiger partial charge in [0.05, 0.1) is 24.2 Å². The van der Waals surface area contributed by atoms with Crippen molar-refractivity contribution < 1.29 is 4.74 Å². The highest BCUT2D eigenvalue weighted by molar-refractivity contribution is 5.46. The van der Waals surface area contributed by atoms with E-state index in [1.807, 2.05) is 54.8 Å². The normalized spacial score (nSPS) is 10.9. The lowest BCUT2D eigenvalue weighted by Crippen LogP contribution is -2.48. The molecule has 0 unspecified atom stereocenters. The van der Waals surface area contributed by atoms with Crippen molar-refractivity contribution >= 4 is 0 Å². The Morgan fingerprint density at radius 3 is 2.22 bits per heavy atom. The summed E-state index contributed by atoms with van der Waals surface area (Å²) in [6.07, 6.45) is 3.44. The van der Waals surface area contributed by atoms with Crippen LogP contribution < -0.4 is 21.8 Å². The van der Waals surface area contributed by atoms with Crippen molar-refractivity contribution in [1.82, 2.24) is 23.7 Å². The van der Waals surface area contributed by atoms with E-state index < -0.39 is 17.1 Å². The van der Waals surface area contributed by atoms with Gasteiger partial charge in [-0.25, -0.2) is 28.5 Å². The molecule has 5 aromatic rings. The van der Waals surface area contributed by atoms with Crippen molar-refractivity contribution in [1.29, 1.82) is 0 Å². The van der Waals surface area contributed by atoms with Crippen molar-refractivity contribution in [2.45, 2.75) is 20.4 Å². The summed E-state index contributed by atoms with van der Waals surface area (Å²) in [5.41, 5.74) is 0.809. The predicted octanol–water partition coefficient (Wildman–Crippen LogP) is 3.33. The molecule has 0 amide bonds. The van der Waals surface area contributed by atoms with Crippen molar-refractivity contribution in [2.75, 3.05) is 0 Å². The Kier molecular flexibility index (Phi) is 5.95. The number of ether oxygens (including phenoxy) is 1. The van der Waals surface area contributed by atoms with Crippen molar-refractivity contribution in [3.05, 3.63) is 134 Å². The number of imidazole rings is 1. The van der Waals surface area contributed by atoms with Gasteiger partial charge in [-0.15, -0.1) is 0 Å². The Hall–Kier alpha value is -4.92. The van der Waals surface area contributed by atoms with Gasteiger partial charge in [0.2, 0.25) is 0 Å². The van der Waals surface area contributed by atoms with Gasteiger partial charge in [-0.2, -0.15) is 0 Å². The van der Waals surface area contributed by atoms with Gasteiger partial charge in [-0.05, 0) is 61.9 Å². The third-order valence-electron chi connectivity index (χ3n) is 5.80. The van der Waals surface area contributed by atoms with Crippen LogP contribution >= 0.6 is 0 Å². The second kappa shape index (κ2) is 9.38. The van der Waals surface area contributed by atoms with Gasteiger partial charge in [0.15, 0.2) is 0 Å². The number of H-pyrrole nitrogens is 1. The zero-order valence-electron chi connectivity index (χ0n) is 19.7. The number of rotatable bonds is 6. The quantitative estimate of drug-likeness (QED) is 0.401. The van der Waals surface area contributed by atoms with Gasteiger partial charge in [0, 0.05) is 17.5 Å². The molecular weight excluding hydrogens is 458 g/mol. The summed E-state index contributed by atoms with van der Waals surface area (Å²) in [6.45, 7) is 4.18. The molecule has 9 heteroatoms. The van der Waals surface area contributed by atoms with Crippen molar-refractivity contribution in [2.24, 2.45) is 0 Å². The van der Waals surface area contributed by atoms with Crippen LogP contribution in [0.5, 0.6) is 11.5 Å². The monoisotopic (exact) mass is 481 g/mol. The van der Waals surface area contributed by atoms with Crippen molar-refractivity contribution in [3.8, 4) is 22.9 Å². The van der Waals surface area contributed by atoms with E-state index >= 15 is 0 Å². The Labute approximate surface area is 205 Å². The lowest BCUT2D eigenvalue weighted by Gasteiger charge is -2.15. The molecule has 36 heavy (non-hydrogen) atoms. The lowest BCUT2D eigenvalue weighted by atomic mass is 10.1. The van der Waals surface area contributed by atoms with Gasteiger partial charge in [0.25, 0.3) is 0 Å². The van der Waals surface area contributed by atoms with E-state index in [1.165, 1.54) is 0 Å². The highest BCUT2D eigenvalue weighted by Crippen LogP contribution is 2.28. The molecule has 0 aliphatic rings. The largest absolute Gasteiger partial charge is 0.457 e. The van der Waals surface area contributed by atoms with E-state index in [0.29, 0.717) is 29.4 Å². The molecule has 0 radical (unpaired) electrons. The lowest BCUT2D eigenvalue weighted by molar-refractivity contribution is 0.473. The van der Waals surface area contributed by atoms with Crippen molar-refractivity contribution in [3.63, 3.8) is 0 Å². The van der Waals surface area contributed by atoms with E-state index in [2.05, 4.69) is 9.97 Å². The predicted molar refractivity (Wildman–Crippen MR) is 136 cm³/mol. The van der Waals surface area contributed by atoms with Gasteiger partial charge >= 0.3 is 17.1 Å². The van der Waals surface area contributed by atoms with Crippen LogP contribution in [0.1, 0.15) is 16.8 Å². The van der Waals surface area contributed by atoms with Crippen LogP contribution in [0, 0.1) is 13.8 Å². The zero-order valence-corrected chi connectivity index (χ0v) is 19.7. The number of nitrogens with one attached hydrogen (secondary N) is 1. The second-order valence-electron chi connectivity index (χ2n) is 8.40. The molecule has 0 aliphatic carbocycles. The highest BCUT2D eigenvalue weighted by atomic mass is 16.5. The van der Waals surface area contributed by atoms with E-state index in [9.17, 15) is 14.4 Å². The molecule has 1 N–H and O–H groups in total. The molecule has 180 valence electrons. The number of benzene rings is 3. The maximum absolute atomic E-state index is 13.4. The maximum atomic E-state index is 13.4. The van der Waals surface area contributed by atoms with Crippen LogP contribution in [-0.2, 0) is 6.54 Å². The molecule has 3 aromatic carbocycles. The summed E-state index contributed by atoms with van der Waals surface area (Å²) in [6, 6.07) is 21.3. The average Bonchev–Trinajstić information content (AvgIpc) is 3.25.